The molecule has 3 aromatic rings. The molecule has 184 valence electrons. The summed E-state index contributed by atoms with van der Waals surface area (Å²) in [6.07, 6.45) is -4.50. The normalized spacial score (nSPS) is 12.9. The maximum Gasteiger partial charge on any atom is 0.417 e. The highest BCUT2D eigenvalue weighted by atomic mass is 19.4. The Bertz CT molecular complexity index is 1160. The van der Waals surface area contributed by atoms with Gasteiger partial charge in [-0.2, -0.15) is 13.2 Å². The molecule has 1 unspecified atom stereocenters. The number of oxime groups is 1. The molecule has 0 saturated carbocycles. The van der Waals surface area contributed by atoms with Crippen molar-refractivity contribution < 1.29 is 27.9 Å². The zero-order chi connectivity index (χ0) is 25.4. The fraction of sp³-hybridized carbons (Fsp3) is 0.259. The van der Waals surface area contributed by atoms with E-state index in [2.05, 4.69) is 10.5 Å². The van der Waals surface area contributed by atoms with Crippen LogP contribution in [0, 0.1) is 5.92 Å². The predicted molar refractivity (Wildman–Crippen MR) is 129 cm³/mol. The summed E-state index contributed by atoms with van der Waals surface area (Å²) in [5.41, 5.74) is 2.64. The average Bonchev–Trinajstić information content (AvgIpc) is 2.84. The van der Waals surface area contributed by atoms with Crippen LogP contribution < -0.4 is 5.32 Å². The Kier molecular flexibility index (Phi) is 8.65. The van der Waals surface area contributed by atoms with Crippen LogP contribution in [-0.4, -0.2) is 23.3 Å². The van der Waals surface area contributed by atoms with Gasteiger partial charge in [0.2, 0.25) is 0 Å². The molecule has 0 fully saturated rings. The topological polar surface area (TPSA) is 70.9 Å². The zero-order valence-corrected chi connectivity index (χ0v) is 19.5. The number of nitrogens with one attached hydrogen (secondary N) is 1. The Labute approximate surface area is 202 Å². The third-order valence-corrected chi connectivity index (χ3v) is 5.48. The standard InChI is InChI=1S/C27H27F3N2O3/c1-18(26(33)34)15-31-16-20-8-11-22(12-9-20)19(2)32-35-17-21-10-13-24(23-6-4-3-5-7-23)25(14-21)27(28,29)30/h3-14,18,31H,15-17H2,1-2H3,(H,33,34)/b32-19+. The third-order valence-electron chi connectivity index (χ3n) is 5.48. The summed E-state index contributed by atoms with van der Waals surface area (Å²) in [5.74, 6) is -1.32. The fourth-order valence-electron chi connectivity index (χ4n) is 3.43. The summed E-state index contributed by atoms with van der Waals surface area (Å²) in [5, 5.41) is 16.1. The van der Waals surface area contributed by atoms with E-state index in [1.54, 1.807) is 50.2 Å². The summed E-state index contributed by atoms with van der Waals surface area (Å²) < 4.78 is 41.0. The highest BCUT2D eigenvalue weighted by Gasteiger charge is 2.34. The van der Waals surface area contributed by atoms with Crippen LogP contribution in [0.15, 0.2) is 78.0 Å². The molecule has 35 heavy (non-hydrogen) atoms. The highest BCUT2D eigenvalue weighted by molar-refractivity contribution is 5.98. The van der Waals surface area contributed by atoms with Gasteiger partial charge in [-0.1, -0.05) is 78.8 Å². The number of rotatable bonds is 10. The number of aliphatic carboxylic acids is 1. The number of hydrogen-bond donors (Lipinski definition) is 2. The molecule has 0 radical (unpaired) electrons. The number of nitrogens with zero attached hydrogens (tertiary/aromatic N) is 1. The number of carboxylic acid groups (broad SMARTS) is 1. The molecule has 0 aliphatic carbocycles. The van der Waals surface area contributed by atoms with Crippen LogP contribution in [-0.2, 0) is 29.0 Å². The summed E-state index contributed by atoms with van der Waals surface area (Å²) >= 11 is 0. The van der Waals surface area contributed by atoms with Crippen LogP contribution in [0.4, 0.5) is 13.2 Å². The summed E-state index contributed by atoms with van der Waals surface area (Å²) in [6, 6.07) is 20.1. The molecule has 5 nitrogen and oxygen atoms in total. The number of benzene rings is 3. The molecule has 0 amide bonds. The Hall–Kier alpha value is -3.65. The van der Waals surface area contributed by atoms with Gasteiger partial charge in [0.25, 0.3) is 0 Å². The molecule has 0 spiro atoms. The van der Waals surface area contributed by atoms with Crippen molar-refractivity contribution in [3.63, 3.8) is 0 Å². The lowest BCUT2D eigenvalue weighted by atomic mass is 9.97. The molecule has 3 rings (SSSR count). The Balaban J connectivity index is 1.62. The molecular formula is C27H27F3N2O3. The molecular weight excluding hydrogens is 457 g/mol. The summed E-state index contributed by atoms with van der Waals surface area (Å²) in [6.45, 7) is 4.19. The van der Waals surface area contributed by atoms with Gasteiger partial charge in [-0.05, 0) is 40.8 Å². The van der Waals surface area contributed by atoms with E-state index in [4.69, 9.17) is 9.94 Å². The Morgan fingerprint density at radius 2 is 1.69 bits per heavy atom. The number of hydrogen-bond acceptors (Lipinski definition) is 4. The van der Waals surface area contributed by atoms with E-state index in [0.29, 0.717) is 29.9 Å². The highest BCUT2D eigenvalue weighted by Crippen LogP contribution is 2.37. The van der Waals surface area contributed by atoms with Gasteiger partial charge in [0.05, 0.1) is 17.2 Å². The van der Waals surface area contributed by atoms with Crippen molar-refractivity contribution in [2.75, 3.05) is 6.54 Å². The molecule has 0 bridgehead atoms. The third kappa shape index (κ3) is 7.42. The number of carboxylic acids is 1. The molecule has 1 atom stereocenters. The second-order valence-electron chi connectivity index (χ2n) is 8.26. The largest absolute Gasteiger partial charge is 0.481 e. The van der Waals surface area contributed by atoms with Crippen molar-refractivity contribution in [2.45, 2.75) is 33.2 Å². The number of alkyl halides is 3. The van der Waals surface area contributed by atoms with Crippen molar-refractivity contribution in [3.8, 4) is 11.1 Å². The van der Waals surface area contributed by atoms with E-state index in [-0.39, 0.29) is 12.2 Å². The minimum atomic E-state index is -4.50. The maximum absolute atomic E-state index is 13.7. The van der Waals surface area contributed by atoms with Gasteiger partial charge in [-0.15, -0.1) is 0 Å². The quantitative estimate of drug-likeness (QED) is 0.269. The van der Waals surface area contributed by atoms with Gasteiger partial charge in [0, 0.05) is 13.1 Å². The predicted octanol–water partition coefficient (Wildman–Crippen LogP) is 6.12. The van der Waals surface area contributed by atoms with Crippen molar-refractivity contribution >= 4 is 11.7 Å². The van der Waals surface area contributed by atoms with E-state index in [0.717, 1.165) is 17.2 Å². The van der Waals surface area contributed by atoms with Crippen LogP contribution >= 0.6 is 0 Å². The Morgan fingerprint density at radius 3 is 2.31 bits per heavy atom. The summed E-state index contributed by atoms with van der Waals surface area (Å²) in [4.78, 5) is 16.2. The van der Waals surface area contributed by atoms with Crippen LogP contribution in [0.2, 0.25) is 0 Å². The van der Waals surface area contributed by atoms with Crippen molar-refractivity contribution in [1.82, 2.24) is 5.32 Å². The molecule has 0 heterocycles. The minimum absolute atomic E-state index is 0.0980. The monoisotopic (exact) mass is 484 g/mol. The van der Waals surface area contributed by atoms with Gasteiger partial charge in [-0.25, -0.2) is 0 Å². The van der Waals surface area contributed by atoms with E-state index in [9.17, 15) is 18.0 Å². The van der Waals surface area contributed by atoms with Crippen molar-refractivity contribution in [1.29, 1.82) is 0 Å². The van der Waals surface area contributed by atoms with Crippen molar-refractivity contribution in [3.05, 3.63) is 95.1 Å². The first-order valence-corrected chi connectivity index (χ1v) is 11.1. The van der Waals surface area contributed by atoms with Gasteiger partial charge < -0.3 is 15.3 Å². The van der Waals surface area contributed by atoms with E-state index < -0.39 is 23.6 Å². The van der Waals surface area contributed by atoms with Gasteiger partial charge in [0.1, 0.15) is 6.61 Å². The molecule has 0 aromatic heterocycles. The second-order valence-corrected chi connectivity index (χ2v) is 8.26. The molecule has 2 N–H and O–H groups in total. The lowest BCUT2D eigenvalue weighted by Gasteiger charge is -2.14. The van der Waals surface area contributed by atoms with Crippen LogP contribution in [0.3, 0.4) is 0 Å². The first-order chi connectivity index (χ1) is 16.6. The smallest absolute Gasteiger partial charge is 0.417 e. The van der Waals surface area contributed by atoms with E-state index >= 15 is 0 Å². The van der Waals surface area contributed by atoms with E-state index in [1.807, 2.05) is 24.3 Å². The molecule has 0 aliphatic heterocycles. The molecule has 0 aliphatic rings. The number of halogens is 3. The lowest BCUT2D eigenvalue weighted by Crippen LogP contribution is -2.25. The summed E-state index contributed by atoms with van der Waals surface area (Å²) in [7, 11) is 0. The lowest BCUT2D eigenvalue weighted by molar-refractivity contribution is -0.141. The zero-order valence-electron chi connectivity index (χ0n) is 19.5. The molecule has 8 heteroatoms. The maximum atomic E-state index is 13.7. The van der Waals surface area contributed by atoms with Crippen LogP contribution in [0.5, 0.6) is 0 Å². The van der Waals surface area contributed by atoms with Gasteiger partial charge >= 0.3 is 12.1 Å². The van der Waals surface area contributed by atoms with Crippen molar-refractivity contribution in [2.24, 2.45) is 11.1 Å². The first-order valence-electron chi connectivity index (χ1n) is 11.1. The second kappa shape index (κ2) is 11.7. The van der Waals surface area contributed by atoms with Gasteiger partial charge in [0.15, 0.2) is 0 Å². The van der Waals surface area contributed by atoms with E-state index in [1.165, 1.54) is 6.07 Å². The first kappa shape index (κ1) is 26.0. The average molecular weight is 485 g/mol. The fourth-order valence-corrected chi connectivity index (χ4v) is 3.43. The van der Waals surface area contributed by atoms with Gasteiger partial charge in [-0.3, -0.25) is 4.79 Å². The van der Waals surface area contributed by atoms with Crippen LogP contribution in [0.1, 0.15) is 36.1 Å². The molecule has 0 saturated heterocycles. The number of carbonyl (C=O) groups is 1. The van der Waals surface area contributed by atoms with Crippen LogP contribution in [0.25, 0.3) is 11.1 Å². The SMILES string of the molecule is C/C(=N\OCc1ccc(-c2ccccc2)c(C(F)(F)F)c1)c1ccc(CNCC(C)C(=O)O)cc1. The Morgan fingerprint density at radius 1 is 1.03 bits per heavy atom. The minimum Gasteiger partial charge on any atom is -0.481 e. The molecule has 3 aromatic carbocycles.